The molecule has 0 saturated carbocycles. The fourth-order valence-corrected chi connectivity index (χ4v) is 6.97. The quantitative estimate of drug-likeness (QED) is 0.335. The number of rotatable bonds is 9. The van der Waals surface area contributed by atoms with E-state index in [9.17, 15) is 27.9 Å². The van der Waals surface area contributed by atoms with Crippen LogP contribution in [0.3, 0.4) is 0 Å². The fourth-order valence-electron chi connectivity index (χ4n) is 5.08. The van der Waals surface area contributed by atoms with Crippen molar-refractivity contribution in [3.8, 4) is 5.75 Å². The van der Waals surface area contributed by atoms with E-state index in [0.717, 1.165) is 5.56 Å². The van der Waals surface area contributed by atoms with E-state index in [1.807, 2.05) is 25.1 Å². The molecule has 1 atom stereocenters. The summed E-state index contributed by atoms with van der Waals surface area (Å²) in [7, 11) is -2.38. The fraction of sp³-hybridized carbons (Fsp3) is 0.300. The molecule has 0 bridgehead atoms. The Labute approximate surface area is 239 Å². The summed E-state index contributed by atoms with van der Waals surface area (Å²) in [5, 5.41) is 14.9. The molecule has 1 aliphatic rings. The number of ether oxygens (including phenoxy) is 1. The summed E-state index contributed by atoms with van der Waals surface area (Å²) in [6.45, 7) is 3.80. The minimum absolute atomic E-state index is 0.0239. The van der Waals surface area contributed by atoms with Crippen molar-refractivity contribution in [2.75, 3.05) is 30.0 Å². The highest BCUT2D eigenvalue weighted by molar-refractivity contribution is 7.91. The summed E-state index contributed by atoms with van der Waals surface area (Å²) in [6.07, 6.45) is 1.23. The average molecular weight is 580 g/mol. The van der Waals surface area contributed by atoms with Crippen LogP contribution in [0.25, 0.3) is 0 Å². The van der Waals surface area contributed by atoms with Crippen LogP contribution in [0.1, 0.15) is 39.9 Å². The van der Waals surface area contributed by atoms with Gasteiger partial charge < -0.3 is 25.4 Å². The number of amides is 3. The third-order valence-corrected chi connectivity index (χ3v) is 9.16. The third kappa shape index (κ3) is 6.86. The van der Waals surface area contributed by atoms with Crippen LogP contribution in [0.2, 0.25) is 0 Å². The molecule has 3 N–H and O–H groups in total. The van der Waals surface area contributed by atoms with Crippen molar-refractivity contribution in [3.63, 3.8) is 0 Å². The van der Waals surface area contributed by atoms with Gasteiger partial charge >= 0.3 is 12.0 Å². The Balaban J connectivity index is 1.44. The number of nitrogens with zero attached hydrogens (tertiary/aromatic N) is 1. The molecule has 41 heavy (non-hydrogen) atoms. The lowest BCUT2D eigenvalue weighted by atomic mass is 10.1. The summed E-state index contributed by atoms with van der Waals surface area (Å²) < 4.78 is 32.0. The van der Waals surface area contributed by atoms with Gasteiger partial charge in [0.05, 0.1) is 35.4 Å². The van der Waals surface area contributed by atoms with E-state index >= 15 is 0 Å². The molecule has 216 valence electrons. The molecular weight excluding hydrogens is 546 g/mol. The lowest BCUT2D eigenvalue weighted by Gasteiger charge is -2.25. The number of hydrogen-bond donors (Lipinski definition) is 3. The van der Waals surface area contributed by atoms with E-state index in [0.29, 0.717) is 42.1 Å². The molecule has 1 heterocycles. The predicted octanol–water partition coefficient (Wildman–Crippen LogP) is 4.66. The van der Waals surface area contributed by atoms with Crippen molar-refractivity contribution < 1.29 is 32.6 Å². The van der Waals surface area contributed by atoms with E-state index in [1.54, 1.807) is 29.2 Å². The summed E-state index contributed by atoms with van der Waals surface area (Å²) in [4.78, 5) is 38.9. The van der Waals surface area contributed by atoms with Crippen LogP contribution < -0.4 is 15.4 Å². The summed E-state index contributed by atoms with van der Waals surface area (Å²) >= 11 is 0. The topological polar surface area (TPSA) is 142 Å². The van der Waals surface area contributed by atoms with Crippen molar-refractivity contribution in [1.82, 2.24) is 4.90 Å². The first-order valence-corrected chi connectivity index (χ1v) is 14.8. The molecule has 3 aromatic rings. The monoisotopic (exact) mass is 579 g/mol. The average Bonchev–Trinajstić information content (AvgIpc) is 3.38. The number of aryl methyl sites for hydroxylation is 1. The molecule has 3 aromatic carbocycles. The van der Waals surface area contributed by atoms with E-state index in [4.69, 9.17) is 4.74 Å². The lowest BCUT2D eigenvalue weighted by Crippen LogP contribution is -2.40. The van der Waals surface area contributed by atoms with Gasteiger partial charge in [0, 0.05) is 18.3 Å². The van der Waals surface area contributed by atoms with Crippen LogP contribution in [0.5, 0.6) is 5.75 Å². The molecule has 11 heteroatoms. The van der Waals surface area contributed by atoms with Crippen LogP contribution in [-0.4, -0.2) is 61.8 Å². The zero-order valence-corrected chi connectivity index (χ0v) is 24.0. The first-order valence-electron chi connectivity index (χ1n) is 13.2. The number of hydrogen-bond acceptors (Lipinski definition) is 6. The van der Waals surface area contributed by atoms with Gasteiger partial charge in [-0.3, -0.25) is 4.79 Å². The molecule has 1 aliphatic heterocycles. The van der Waals surface area contributed by atoms with Crippen LogP contribution in [0.4, 0.5) is 16.2 Å². The molecular formula is C30H33N3O7S. The van der Waals surface area contributed by atoms with Gasteiger partial charge in [-0.05, 0) is 73.7 Å². The first-order chi connectivity index (χ1) is 19.5. The van der Waals surface area contributed by atoms with Gasteiger partial charge in [0.2, 0.25) is 5.91 Å². The number of urea groups is 1. The summed E-state index contributed by atoms with van der Waals surface area (Å²) in [6, 6.07) is 15.7. The van der Waals surface area contributed by atoms with Crippen LogP contribution in [0, 0.1) is 13.8 Å². The highest BCUT2D eigenvalue weighted by atomic mass is 32.2. The number of para-hydroxylation sites is 1. The van der Waals surface area contributed by atoms with E-state index in [1.165, 1.54) is 32.2 Å². The predicted molar refractivity (Wildman–Crippen MR) is 155 cm³/mol. The van der Waals surface area contributed by atoms with Crippen LogP contribution in [0.15, 0.2) is 65.6 Å². The summed E-state index contributed by atoms with van der Waals surface area (Å²) in [5.74, 6) is -1.32. The molecule has 1 unspecified atom stereocenters. The Morgan fingerprint density at radius 2 is 1.73 bits per heavy atom. The van der Waals surface area contributed by atoms with Crippen molar-refractivity contribution in [2.24, 2.45) is 0 Å². The Morgan fingerprint density at radius 1 is 1.00 bits per heavy atom. The van der Waals surface area contributed by atoms with Gasteiger partial charge in [-0.25, -0.2) is 18.0 Å². The molecule has 3 amide bonds. The van der Waals surface area contributed by atoms with Crippen molar-refractivity contribution >= 4 is 39.1 Å². The molecule has 0 aromatic heterocycles. The van der Waals surface area contributed by atoms with Crippen molar-refractivity contribution in [2.45, 2.75) is 44.0 Å². The van der Waals surface area contributed by atoms with Gasteiger partial charge in [0.15, 0.2) is 9.84 Å². The third-order valence-electron chi connectivity index (χ3n) is 7.22. The minimum atomic E-state index is -3.85. The number of carboxylic acids is 1. The van der Waals surface area contributed by atoms with Gasteiger partial charge in [-0.15, -0.1) is 0 Å². The minimum Gasteiger partial charge on any atom is -0.495 e. The number of carboxylic acid groups (broad SMARTS) is 1. The van der Waals surface area contributed by atoms with Gasteiger partial charge in [0.1, 0.15) is 5.75 Å². The molecule has 1 fully saturated rings. The number of nitrogens with one attached hydrogen (secondary N) is 2. The zero-order chi connectivity index (χ0) is 29.7. The second-order valence-corrected chi connectivity index (χ2v) is 12.0. The molecule has 10 nitrogen and oxygen atoms in total. The number of likely N-dealkylation sites (tertiary alicyclic amines) is 1. The number of carbonyl (C=O) groups excluding carboxylic acids is 2. The standard InChI is InChI=1S/C30H33N3O7S/c1-19-8-4-5-11-24(19)31-30(37)32-25-14-13-21(16-26(25)40-3)17-28(34)33-15-7-9-22(33)18-41(38,39)27-12-6-10-23(20(27)2)29(35)36/h4-6,8,10-14,16,22H,7,9,15,17-18H2,1-3H3,(H,35,36)(H2,31,32,37). The molecule has 0 radical (unpaired) electrons. The van der Waals surface area contributed by atoms with Crippen LogP contribution >= 0.6 is 0 Å². The normalized spacial score (nSPS) is 14.9. The van der Waals surface area contributed by atoms with Gasteiger partial charge in [-0.1, -0.05) is 30.3 Å². The summed E-state index contributed by atoms with van der Waals surface area (Å²) in [5.41, 5.74) is 2.79. The smallest absolute Gasteiger partial charge is 0.335 e. The maximum Gasteiger partial charge on any atom is 0.335 e. The number of anilines is 2. The maximum atomic E-state index is 13.3. The highest BCUT2D eigenvalue weighted by Crippen LogP contribution is 2.29. The van der Waals surface area contributed by atoms with E-state index < -0.39 is 27.9 Å². The number of carbonyl (C=O) groups is 3. The molecule has 0 aliphatic carbocycles. The Morgan fingerprint density at radius 3 is 2.44 bits per heavy atom. The number of sulfone groups is 1. The molecule has 4 rings (SSSR count). The number of aromatic carboxylic acids is 1. The highest BCUT2D eigenvalue weighted by Gasteiger charge is 2.34. The van der Waals surface area contributed by atoms with E-state index in [-0.39, 0.29) is 34.1 Å². The zero-order valence-electron chi connectivity index (χ0n) is 23.1. The van der Waals surface area contributed by atoms with Crippen molar-refractivity contribution in [1.29, 1.82) is 0 Å². The largest absolute Gasteiger partial charge is 0.495 e. The lowest BCUT2D eigenvalue weighted by molar-refractivity contribution is -0.130. The Hall–Kier alpha value is -4.38. The second-order valence-electron chi connectivity index (χ2n) is 10.0. The van der Waals surface area contributed by atoms with E-state index in [2.05, 4.69) is 10.6 Å². The first kappa shape index (κ1) is 29.6. The molecule has 1 saturated heterocycles. The number of benzene rings is 3. The molecule has 0 spiro atoms. The van der Waals surface area contributed by atoms with Gasteiger partial charge in [0.25, 0.3) is 0 Å². The Kier molecular flexibility index (Phi) is 8.97. The number of methoxy groups -OCH3 is 1. The second kappa shape index (κ2) is 12.4. The van der Waals surface area contributed by atoms with Gasteiger partial charge in [-0.2, -0.15) is 0 Å². The maximum absolute atomic E-state index is 13.3. The SMILES string of the molecule is COc1cc(CC(=O)N2CCCC2CS(=O)(=O)c2cccc(C(=O)O)c2C)ccc1NC(=O)Nc1ccccc1C. The van der Waals surface area contributed by atoms with Crippen LogP contribution in [-0.2, 0) is 21.1 Å². The van der Waals surface area contributed by atoms with Crippen molar-refractivity contribution in [3.05, 3.63) is 82.9 Å². The Bertz CT molecular complexity index is 1590.